The second-order valence-electron chi connectivity index (χ2n) is 2.42. The van der Waals surface area contributed by atoms with Gasteiger partial charge in [-0.1, -0.05) is 0 Å². The van der Waals surface area contributed by atoms with Gasteiger partial charge in [0.05, 0.1) is 6.07 Å². The maximum absolute atomic E-state index is 9.44. The normalized spacial score (nSPS) is 14.6. The van der Waals surface area contributed by atoms with Crippen molar-refractivity contribution in [1.82, 2.24) is 4.98 Å². The number of hydrogen-bond donors (Lipinski definition) is 2. The zero-order chi connectivity index (χ0) is 9.84. The molecule has 1 rings (SSSR count). The first-order valence-corrected chi connectivity index (χ1v) is 4.31. The van der Waals surface area contributed by atoms with Gasteiger partial charge in [-0.3, -0.25) is 4.98 Å². The topological polar surface area (TPSA) is 77.1 Å². The fourth-order valence-corrected chi connectivity index (χ4v) is 1.35. The Labute approximate surface area is 83.6 Å². The first-order valence-electron chi connectivity index (χ1n) is 3.52. The van der Waals surface area contributed by atoms with Crippen LogP contribution in [0.4, 0.5) is 0 Å². The van der Waals surface area contributed by atoms with Crippen LogP contribution in [0.1, 0.15) is 11.7 Å². The zero-order valence-corrected chi connectivity index (χ0v) is 8.14. The van der Waals surface area contributed by atoms with Crippen molar-refractivity contribution in [3.63, 3.8) is 0 Å². The van der Waals surface area contributed by atoms with Crippen molar-refractivity contribution in [2.45, 2.75) is 12.2 Å². The van der Waals surface area contributed by atoms with Gasteiger partial charge in [0.25, 0.3) is 0 Å². The van der Waals surface area contributed by atoms with Crippen molar-refractivity contribution in [3.05, 3.63) is 28.5 Å². The van der Waals surface area contributed by atoms with E-state index in [9.17, 15) is 5.11 Å². The summed E-state index contributed by atoms with van der Waals surface area (Å²) in [6, 6.07) is 3.09. The molecule has 0 aliphatic heterocycles. The lowest BCUT2D eigenvalue weighted by Crippen LogP contribution is -2.16. The smallest absolute Gasteiger partial charge is 0.170 e. The number of rotatable bonds is 2. The number of aliphatic hydroxyl groups excluding tert-OH is 2. The second-order valence-corrected chi connectivity index (χ2v) is 3.27. The van der Waals surface area contributed by atoms with Crippen molar-refractivity contribution in [2.75, 3.05) is 0 Å². The maximum Gasteiger partial charge on any atom is 0.170 e. The minimum absolute atomic E-state index is 0.448. The summed E-state index contributed by atoms with van der Waals surface area (Å²) in [7, 11) is 0. The molecular formula is C8H7BrN2O2. The van der Waals surface area contributed by atoms with E-state index in [1.807, 2.05) is 0 Å². The number of pyridine rings is 1. The van der Waals surface area contributed by atoms with Crippen LogP contribution in [-0.2, 0) is 0 Å². The number of aromatic nitrogens is 1. The molecule has 13 heavy (non-hydrogen) atoms. The van der Waals surface area contributed by atoms with Crippen molar-refractivity contribution in [3.8, 4) is 6.07 Å². The Morgan fingerprint density at radius 2 is 2.23 bits per heavy atom. The number of halogens is 1. The molecule has 0 amide bonds. The lowest BCUT2D eigenvalue weighted by atomic mass is 10.1. The monoisotopic (exact) mass is 242 g/mol. The van der Waals surface area contributed by atoms with Gasteiger partial charge in [-0.15, -0.1) is 0 Å². The van der Waals surface area contributed by atoms with Gasteiger partial charge in [-0.05, 0) is 22.0 Å². The van der Waals surface area contributed by atoms with E-state index >= 15 is 0 Å². The fraction of sp³-hybridized carbons (Fsp3) is 0.250. The summed E-state index contributed by atoms with van der Waals surface area (Å²) < 4.78 is 0.566. The molecule has 4 nitrogen and oxygen atoms in total. The predicted octanol–water partition coefficient (Wildman–Crippen LogP) is 0.762. The molecular weight excluding hydrogens is 236 g/mol. The van der Waals surface area contributed by atoms with E-state index in [1.54, 1.807) is 6.07 Å². The molecule has 0 radical (unpaired) electrons. The fourth-order valence-electron chi connectivity index (χ4n) is 0.866. The van der Waals surface area contributed by atoms with Gasteiger partial charge in [-0.2, -0.15) is 5.26 Å². The van der Waals surface area contributed by atoms with E-state index < -0.39 is 12.2 Å². The summed E-state index contributed by atoms with van der Waals surface area (Å²) >= 11 is 3.15. The molecule has 5 heteroatoms. The highest BCUT2D eigenvalue weighted by Gasteiger charge is 2.19. The summed E-state index contributed by atoms with van der Waals surface area (Å²) in [5, 5.41) is 26.9. The molecule has 0 aliphatic carbocycles. The summed E-state index contributed by atoms with van der Waals surface area (Å²) in [6.45, 7) is 0. The summed E-state index contributed by atoms with van der Waals surface area (Å²) in [6.07, 6.45) is 0.344. The molecule has 0 bridgehead atoms. The van der Waals surface area contributed by atoms with Gasteiger partial charge < -0.3 is 10.2 Å². The lowest BCUT2D eigenvalue weighted by molar-refractivity contribution is 0.0522. The molecule has 2 unspecified atom stereocenters. The number of aliphatic hydroxyl groups is 2. The van der Waals surface area contributed by atoms with Crippen LogP contribution in [0.25, 0.3) is 0 Å². The third kappa shape index (κ3) is 2.25. The van der Waals surface area contributed by atoms with E-state index in [2.05, 4.69) is 20.9 Å². The Morgan fingerprint density at radius 3 is 2.77 bits per heavy atom. The first kappa shape index (κ1) is 10.1. The molecule has 1 aromatic rings. The highest BCUT2D eigenvalue weighted by Crippen LogP contribution is 2.24. The van der Waals surface area contributed by atoms with E-state index in [0.717, 1.165) is 0 Å². The summed E-state index contributed by atoms with van der Waals surface area (Å²) in [4.78, 5) is 3.79. The van der Waals surface area contributed by atoms with Crippen LogP contribution in [0.3, 0.4) is 0 Å². The lowest BCUT2D eigenvalue weighted by Gasteiger charge is -2.12. The molecule has 0 spiro atoms. The van der Waals surface area contributed by atoms with Gasteiger partial charge >= 0.3 is 0 Å². The predicted molar refractivity (Wildman–Crippen MR) is 48.5 cm³/mol. The van der Waals surface area contributed by atoms with E-state index in [-0.39, 0.29) is 0 Å². The molecule has 1 heterocycles. The quantitative estimate of drug-likeness (QED) is 0.752. The van der Waals surface area contributed by atoms with Gasteiger partial charge in [0, 0.05) is 22.4 Å². The van der Waals surface area contributed by atoms with Crippen LogP contribution in [0.15, 0.2) is 22.9 Å². The van der Waals surface area contributed by atoms with Crippen LogP contribution in [0.5, 0.6) is 0 Å². The third-order valence-electron chi connectivity index (χ3n) is 1.55. The highest BCUT2D eigenvalue weighted by atomic mass is 79.9. The minimum atomic E-state index is -1.42. The third-order valence-corrected chi connectivity index (χ3v) is 2.22. The molecule has 68 valence electrons. The van der Waals surface area contributed by atoms with Gasteiger partial charge in [0.1, 0.15) is 6.10 Å². The summed E-state index contributed by atoms with van der Waals surface area (Å²) in [5.74, 6) is 0. The SMILES string of the molecule is N#CC(O)C(O)c1ccncc1Br. The van der Waals surface area contributed by atoms with E-state index in [0.29, 0.717) is 10.0 Å². The van der Waals surface area contributed by atoms with Crippen molar-refractivity contribution in [1.29, 1.82) is 5.26 Å². The second kappa shape index (κ2) is 4.33. The van der Waals surface area contributed by atoms with Crippen molar-refractivity contribution >= 4 is 15.9 Å². The molecule has 2 atom stereocenters. The van der Waals surface area contributed by atoms with Gasteiger partial charge in [-0.25, -0.2) is 0 Å². The molecule has 0 saturated carbocycles. The molecule has 0 saturated heterocycles. The Morgan fingerprint density at radius 1 is 1.54 bits per heavy atom. The van der Waals surface area contributed by atoms with Crippen LogP contribution in [-0.4, -0.2) is 21.3 Å². The average Bonchev–Trinajstić information content (AvgIpc) is 2.16. The number of hydrogen-bond acceptors (Lipinski definition) is 4. The maximum atomic E-state index is 9.44. The van der Waals surface area contributed by atoms with Crippen molar-refractivity contribution in [2.24, 2.45) is 0 Å². The highest BCUT2D eigenvalue weighted by molar-refractivity contribution is 9.10. The zero-order valence-electron chi connectivity index (χ0n) is 6.55. The first-order chi connectivity index (χ1) is 6.16. The molecule has 0 aliphatic rings. The van der Waals surface area contributed by atoms with Crippen LogP contribution >= 0.6 is 15.9 Å². The number of nitriles is 1. The van der Waals surface area contributed by atoms with E-state index in [1.165, 1.54) is 18.5 Å². The standard InChI is InChI=1S/C8H7BrN2O2/c9-6-4-11-2-1-5(6)8(13)7(12)3-10/h1-2,4,7-8,12-13H. The molecule has 0 fully saturated rings. The van der Waals surface area contributed by atoms with Crippen LogP contribution < -0.4 is 0 Å². The van der Waals surface area contributed by atoms with Gasteiger partial charge in [0.2, 0.25) is 0 Å². The Balaban J connectivity index is 2.96. The van der Waals surface area contributed by atoms with E-state index in [4.69, 9.17) is 10.4 Å². The van der Waals surface area contributed by atoms with Crippen LogP contribution in [0, 0.1) is 11.3 Å². The molecule has 1 aromatic heterocycles. The van der Waals surface area contributed by atoms with Crippen molar-refractivity contribution < 1.29 is 10.2 Å². The molecule has 0 aromatic carbocycles. The van der Waals surface area contributed by atoms with Crippen LogP contribution in [0.2, 0.25) is 0 Å². The number of nitrogens with zero attached hydrogens (tertiary/aromatic N) is 2. The Kier molecular flexibility index (Phi) is 3.37. The largest absolute Gasteiger partial charge is 0.385 e. The summed E-state index contributed by atoms with van der Waals surface area (Å²) in [5.41, 5.74) is 0.448. The average molecular weight is 243 g/mol. The Hall–Kier alpha value is -0.960. The molecule has 2 N–H and O–H groups in total. The van der Waals surface area contributed by atoms with Gasteiger partial charge in [0.15, 0.2) is 6.10 Å². The Bertz CT molecular complexity index is 337. The minimum Gasteiger partial charge on any atom is -0.385 e.